The van der Waals surface area contributed by atoms with Crippen LogP contribution in [0.3, 0.4) is 0 Å². The number of benzene rings is 2. The fraction of sp³-hybridized carbons (Fsp3) is 0.208. The van der Waals surface area contributed by atoms with Crippen LogP contribution in [0.5, 0.6) is 5.75 Å². The fourth-order valence-electron chi connectivity index (χ4n) is 3.54. The van der Waals surface area contributed by atoms with Crippen molar-refractivity contribution >= 4 is 17.2 Å². The van der Waals surface area contributed by atoms with Crippen LogP contribution in [-0.2, 0) is 4.79 Å². The minimum Gasteiger partial charge on any atom is -0.508 e. The van der Waals surface area contributed by atoms with Gasteiger partial charge in [-0.05, 0) is 85.0 Å². The Morgan fingerprint density at radius 3 is 2.46 bits per heavy atom. The van der Waals surface area contributed by atoms with Gasteiger partial charge in [-0.15, -0.1) is 0 Å². The topological polar surface area (TPSA) is 40.5 Å². The number of allylic oxidation sites excluding steroid dienone is 3. The van der Waals surface area contributed by atoms with Gasteiger partial charge in [0, 0.05) is 5.69 Å². The molecule has 3 nitrogen and oxygen atoms in total. The van der Waals surface area contributed by atoms with Gasteiger partial charge in [-0.2, -0.15) is 0 Å². The minimum absolute atomic E-state index is 0.0126. The lowest BCUT2D eigenvalue weighted by Crippen LogP contribution is -2.53. The predicted molar refractivity (Wildman–Crippen MR) is 112 cm³/mol. The molecule has 1 N–H and O–H groups in total. The van der Waals surface area contributed by atoms with Crippen molar-refractivity contribution in [2.75, 3.05) is 4.90 Å². The number of aromatic hydroxyl groups is 1. The summed E-state index contributed by atoms with van der Waals surface area (Å²) >= 11 is 0. The van der Waals surface area contributed by atoms with Gasteiger partial charge >= 0.3 is 0 Å². The number of hydrogen-bond acceptors (Lipinski definition) is 2. The lowest BCUT2D eigenvalue weighted by atomic mass is 9.88. The lowest BCUT2D eigenvalue weighted by Gasteiger charge is -2.41. The van der Waals surface area contributed by atoms with Crippen LogP contribution in [0.1, 0.15) is 31.4 Å². The molecule has 4 heteroatoms. The summed E-state index contributed by atoms with van der Waals surface area (Å²) in [7, 11) is 0. The number of carbonyl (C=O) groups excluding carboxylic acids is 1. The van der Waals surface area contributed by atoms with Gasteiger partial charge in [-0.1, -0.05) is 24.8 Å². The van der Waals surface area contributed by atoms with Gasteiger partial charge in [-0.25, -0.2) is 4.39 Å². The molecule has 144 valence electrons. The first-order chi connectivity index (χ1) is 13.3. The van der Waals surface area contributed by atoms with Gasteiger partial charge in [0.2, 0.25) is 5.91 Å². The number of halogens is 1. The molecule has 2 aromatic carbocycles. The maximum Gasteiger partial charge on any atom is 0.230 e. The Hall–Kier alpha value is -3.14. The van der Waals surface area contributed by atoms with Crippen molar-refractivity contribution in [1.29, 1.82) is 0 Å². The summed E-state index contributed by atoms with van der Waals surface area (Å²) < 4.78 is 13.2. The Balaban J connectivity index is 1.92. The summed E-state index contributed by atoms with van der Waals surface area (Å²) in [4.78, 5) is 13.9. The molecule has 1 aliphatic rings. The van der Waals surface area contributed by atoms with Crippen molar-refractivity contribution in [2.24, 2.45) is 0 Å². The smallest absolute Gasteiger partial charge is 0.230 e. The maximum atomic E-state index is 13.2. The van der Waals surface area contributed by atoms with Gasteiger partial charge in [0.05, 0.1) is 12.5 Å². The number of carbonyl (C=O) groups is 1. The largest absolute Gasteiger partial charge is 0.508 e. The summed E-state index contributed by atoms with van der Waals surface area (Å²) in [5.74, 6) is -0.0381. The number of hydrogen-bond donors (Lipinski definition) is 1. The number of nitrogens with zero attached hydrogens (tertiary/aromatic N) is 1. The summed E-state index contributed by atoms with van der Waals surface area (Å²) in [6, 6.07) is 11.4. The van der Waals surface area contributed by atoms with E-state index in [0.29, 0.717) is 12.1 Å². The number of anilines is 1. The van der Waals surface area contributed by atoms with E-state index in [-0.39, 0.29) is 23.5 Å². The van der Waals surface area contributed by atoms with Crippen molar-refractivity contribution in [2.45, 2.75) is 33.2 Å². The lowest BCUT2D eigenvalue weighted by molar-refractivity contribution is -0.123. The second kappa shape index (κ2) is 7.85. The van der Waals surface area contributed by atoms with Crippen LogP contribution in [0.2, 0.25) is 0 Å². The number of phenols is 1. The highest BCUT2D eigenvalue weighted by molar-refractivity contribution is 6.02. The molecule has 0 saturated carbocycles. The highest BCUT2D eigenvalue weighted by Gasteiger charge is 2.39. The molecule has 0 spiro atoms. The van der Waals surface area contributed by atoms with Crippen LogP contribution >= 0.6 is 0 Å². The van der Waals surface area contributed by atoms with Gasteiger partial charge in [0.25, 0.3) is 0 Å². The quantitative estimate of drug-likeness (QED) is 0.548. The monoisotopic (exact) mass is 377 g/mol. The van der Waals surface area contributed by atoms with E-state index in [1.54, 1.807) is 29.2 Å². The average Bonchev–Trinajstić information content (AvgIpc) is 2.65. The number of β-lactam (4-membered cyclic amide) rings is 1. The van der Waals surface area contributed by atoms with Crippen LogP contribution in [0.15, 0.2) is 72.3 Å². The van der Waals surface area contributed by atoms with Crippen LogP contribution < -0.4 is 4.90 Å². The highest BCUT2D eigenvalue weighted by atomic mass is 19.1. The molecule has 1 fully saturated rings. The Labute approximate surface area is 165 Å². The van der Waals surface area contributed by atoms with E-state index in [9.17, 15) is 14.3 Å². The van der Waals surface area contributed by atoms with Crippen molar-refractivity contribution in [3.05, 3.63) is 89.3 Å². The average molecular weight is 377 g/mol. The van der Waals surface area contributed by atoms with Crippen molar-refractivity contribution < 1.29 is 14.3 Å². The summed E-state index contributed by atoms with van der Waals surface area (Å²) in [5.41, 5.74) is 5.58. The summed E-state index contributed by atoms with van der Waals surface area (Å²) in [5, 5.41) is 9.72. The van der Waals surface area contributed by atoms with Gasteiger partial charge in [0.1, 0.15) is 11.6 Å². The number of amides is 1. The van der Waals surface area contributed by atoms with E-state index in [1.807, 2.05) is 32.9 Å². The maximum absolute atomic E-state index is 13.2. The van der Waals surface area contributed by atoms with E-state index in [4.69, 9.17) is 0 Å². The second-order valence-corrected chi connectivity index (χ2v) is 7.13. The molecule has 0 aliphatic carbocycles. The third-order valence-corrected chi connectivity index (χ3v) is 5.17. The summed E-state index contributed by atoms with van der Waals surface area (Å²) in [6.45, 7) is 9.82. The molecule has 0 radical (unpaired) electrons. The number of aryl methyl sites for hydroxylation is 1. The van der Waals surface area contributed by atoms with E-state index < -0.39 is 0 Å². The fourth-order valence-corrected chi connectivity index (χ4v) is 3.54. The first kappa shape index (κ1) is 19.6. The third kappa shape index (κ3) is 3.77. The standard InChI is InChI=1S/C24H24FNO2/c1-5-21(16(3)12-15(2)18-6-11-23(27)17(4)13-18)22-14-24(28)26(22)20-9-7-19(25)8-10-20/h5-13,22,27H,1,14H2,2-4H3/b15-12+,21-16+. The van der Waals surface area contributed by atoms with Crippen LogP contribution in [0.4, 0.5) is 10.1 Å². The molecule has 2 aromatic rings. The molecule has 28 heavy (non-hydrogen) atoms. The second-order valence-electron chi connectivity index (χ2n) is 7.13. The predicted octanol–water partition coefficient (Wildman–Crippen LogP) is 5.55. The molecule has 1 heterocycles. The van der Waals surface area contributed by atoms with Crippen molar-refractivity contribution in [3.8, 4) is 5.75 Å². The molecule has 1 atom stereocenters. The Kier molecular flexibility index (Phi) is 5.50. The molecule has 1 unspecified atom stereocenters. The molecular weight excluding hydrogens is 353 g/mol. The summed E-state index contributed by atoms with van der Waals surface area (Å²) in [6.07, 6.45) is 4.25. The normalized spacial score (nSPS) is 17.9. The van der Waals surface area contributed by atoms with Gasteiger partial charge in [-0.3, -0.25) is 4.79 Å². The van der Waals surface area contributed by atoms with Gasteiger partial charge in [0.15, 0.2) is 0 Å². The molecule has 1 amide bonds. The van der Waals surface area contributed by atoms with E-state index in [0.717, 1.165) is 27.8 Å². The van der Waals surface area contributed by atoms with Crippen molar-refractivity contribution in [3.63, 3.8) is 0 Å². The zero-order valence-corrected chi connectivity index (χ0v) is 16.4. The van der Waals surface area contributed by atoms with E-state index in [2.05, 4.69) is 12.7 Å². The highest BCUT2D eigenvalue weighted by Crippen LogP contribution is 2.34. The number of phenolic OH excluding ortho intramolecular Hbond substituents is 1. The molecule has 3 rings (SSSR count). The molecule has 0 aromatic heterocycles. The van der Waals surface area contributed by atoms with Gasteiger partial charge < -0.3 is 10.0 Å². The first-order valence-corrected chi connectivity index (χ1v) is 9.21. The SMILES string of the molecule is C=C/C(=C(C)\C=C(/C)c1ccc(O)c(C)c1)C1CC(=O)N1c1ccc(F)cc1. The first-order valence-electron chi connectivity index (χ1n) is 9.21. The van der Waals surface area contributed by atoms with E-state index >= 15 is 0 Å². The van der Waals surface area contributed by atoms with Crippen LogP contribution in [0.25, 0.3) is 5.57 Å². The third-order valence-electron chi connectivity index (χ3n) is 5.17. The minimum atomic E-state index is -0.327. The molecule has 1 saturated heterocycles. The van der Waals surface area contributed by atoms with E-state index in [1.165, 1.54) is 12.1 Å². The zero-order chi connectivity index (χ0) is 20.4. The Morgan fingerprint density at radius 2 is 1.89 bits per heavy atom. The number of rotatable bonds is 5. The molecule has 1 aliphatic heterocycles. The molecule has 0 bridgehead atoms. The van der Waals surface area contributed by atoms with Crippen LogP contribution in [-0.4, -0.2) is 17.1 Å². The van der Waals surface area contributed by atoms with Crippen LogP contribution in [0, 0.1) is 12.7 Å². The molecular formula is C24H24FNO2. The van der Waals surface area contributed by atoms with Crippen molar-refractivity contribution in [1.82, 2.24) is 0 Å². The Morgan fingerprint density at radius 1 is 1.21 bits per heavy atom. The zero-order valence-electron chi connectivity index (χ0n) is 16.4. The Bertz CT molecular complexity index is 986.